The van der Waals surface area contributed by atoms with Crippen molar-refractivity contribution in [2.75, 3.05) is 18.5 Å². The highest BCUT2D eigenvalue weighted by Gasteiger charge is 2.23. The fraction of sp³-hybridized carbons (Fsp3) is 0.292. The molecule has 0 bridgehead atoms. The van der Waals surface area contributed by atoms with Crippen LogP contribution < -0.4 is 10.1 Å². The Balaban J connectivity index is 1.57. The number of nitrogens with one attached hydrogen (secondary N) is 1. The number of hydrogen-bond acceptors (Lipinski definition) is 6. The lowest BCUT2D eigenvalue weighted by Crippen LogP contribution is -2.20. The van der Waals surface area contributed by atoms with Crippen molar-refractivity contribution in [1.29, 1.82) is 0 Å². The Bertz CT molecular complexity index is 1040. The number of hydrogen-bond donors (Lipinski definition) is 1. The van der Waals surface area contributed by atoms with E-state index in [1.165, 1.54) is 5.56 Å². The van der Waals surface area contributed by atoms with Crippen molar-refractivity contribution in [3.63, 3.8) is 0 Å². The first-order valence-corrected chi connectivity index (χ1v) is 10.9. The third-order valence-corrected chi connectivity index (χ3v) is 6.00. The Morgan fingerprint density at radius 2 is 1.68 bits per heavy atom. The maximum atomic E-state index is 12.2. The molecule has 3 rings (SSSR count). The van der Waals surface area contributed by atoms with Gasteiger partial charge in [0.2, 0.25) is 0 Å². The molecule has 2 aromatic carbocycles. The summed E-state index contributed by atoms with van der Waals surface area (Å²) in [7, 11) is 0. The molecule has 7 heteroatoms. The number of esters is 1. The van der Waals surface area contributed by atoms with Crippen molar-refractivity contribution >= 4 is 28.3 Å². The summed E-state index contributed by atoms with van der Waals surface area (Å²) in [6.07, 6.45) is 0. The molecule has 1 aromatic heterocycles. The minimum atomic E-state index is -0.437. The van der Waals surface area contributed by atoms with Crippen LogP contribution in [0.4, 0.5) is 5.13 Å². The highest BCUT2D eigenvalue weighted by Crippen LogP contribution is 2.32. The summed E-state index contributed by atoms with van der Waals surface area (Å²) >= 11 is 1.09. The first-order chi connectivity index (χ1) is 14.8. The zero-order chi connectivity index (χ0) is 22.4. The lowest BCUT2D eigenvalue weighted by Gasteiger charge is -2.26. The van der Waals surface area contributed by atoms with E-state index in [4.69, 9.17) is 9.47 Å². The van der Waals surface area contributed by atoms with E-state index in [0.29, 0.717) is 21.5 Å². The highest BCUT2D eigenvalue weighted by atomic mass is 32.1. The Labute approximate surface area is 186 Å². The molecule has 6 nitrogen and oxygen atoms in total. The molecule has 31 heavy (non-hydrogen) atoms. The second-order valence-corrected chi connectivity index (χ2v) is 8.51. The van der Waals surface area contributed by atoms with Crippen LogP contribution in [0.15, 0.2) is 54.6 Å². The van der Waals surface area contributed by atoms with Gasteiger partial charge in [0.25, 0.3) is 5.91 Å². The Hall–Kier alpha value is -3.19. The predicted molar refractivity (Wildman–Crippen MR) is 122 cm³/mol. The molecule has 0 saturated carbocycles. The van der Waals surface area contributed by atoms with Crippen molar-refractivity contribution in [3.8, 4) is 5.75 Å². The zero-order valence-corrected chi connectivity index (χ0v) is 18.9. The lowest BCUT2D eigenvalue weighted by atomic mass is 9.78. The van der Waals surface area contributed by atoms with Crippen LogP contribution in [-0.2, 0) is 14.9 Å². The van der Waals surface area contributed by atoms with Crippen molar-refractivity contribution in [2.45, 2.75) is 33.1 Å². The highest BCUT2D eigenvalue weighted by molar-refractivity contribution is 7.17. The molecule has 0 radical (unpaired) electrons. The van der Waals surface area contributed by atoms with Crippen LogP contribution in [0.25, 0.3) is 0 Å². The van der Waals surface area contributed by atoms with Crippen molar-refractivity contribution in [1.82, 2.24) is 4.98 Å². The monoisotopic (exact) mass is 438 g/mol. The van der Waals surface area contributed by atoms with Crippen LogP contribution in [0.1, 0.15) is 47.3 Å². The van der Waals surface area contributed by atoms with Crippen LogP contribution in [0, 0.1) is 6.92 Å². The molecule has 3 aromatic rings. The second kappa shape index (κ2) is 9.75. The number of thiazole rings is 1. The van der Waals surface area contributed by atoms with Crippen molar-refractivity contribution < 1.29 is 19.1 Å². The van der Waals surface area contributed by atoms with Crippen LogP contribution >= 0.6 is 11.3 Å². The van der Waals surface area contributed by atoms with E-state index in [1.54, 1.807) is 13.8 Å². The van der Waals surface area contributed by atoms with E-state index in [0.717, 1.165) is 16.9 Å². The number of anilines is 1. The van der Waals surface area contributed by atoms with Crippen LogP contribution in [0.5, 0.6) is 5.75 Å². The van der Waals surface area contributed by atoms with Gasteiger partial charge in [0.05, 0.1) is 12.3 Å². The maximum absolute atomic E-state index is 12.2. The van der Waals surface area contributed by atoms with Gasteiger partial charge >= 0.3 is 5.97 Å². The minimum Gasteiger partial charge on any atom is -0.484 e. The van der Waals surface area contributed by atoms with Gasteiger partial charge in [0.15, 0.2) is 11.7 Å². The molecule has 162 valence electrons. The Morgan fingerprint density at radius 3 is 2.32 bits per heavy atom. The van der Waals surface area contributed by atoms with Gasteiger partial charge < -0.3 is 9.47 Å². The molecule has 0 aliphatic carbocycles. The molecule has 0 fully saturated rings. The second-order valence-electron chi connectivity index (χ2n) is 7.51. The van der Waals surface area contributed by atoms with E-state index >= 15 is 0 Å². The average Bonchev–Trinajstić information content (AvgIpc) is 3.13. The van der Waals surface area contributed by atoms with Gasteiger partial charge in [-0.05, 0) is 37.1 Å². The average molecular weight is 439 g/mol. The number of carbonyl (C=O) groups is 2. The number of aryl methyl sites for hydroxylation is 1. The van der Waals surface area contributed by atoms with Gasteiger partial charge in [-0.25, -0.2) is 9.78 Å². The standard InChI is InChI=1S/C24H26N2O4S/c1-5-29-22(28)21-16(2)25-23(31-21)26-20(27)15-30-19-13-11-18(12-14-19)24(3,4)17-9-7-6-8-10-17/h6-14H,5,15H2,1-4H3,(H,25,26,27). The summed E-state index contributed by atoms with van der Waals surface area (Å²) in [5.74, 6) is -0.184. The molecular formula is C24H26N2O4S. The largest absolute Gasteiger partial charge is 0.484 e. The normalized spacial score (nSPS) is 11.1. The van der Waals surface area contributed by atoms with Gasteiger partial charge in [0, 0.05) is 5.41 Å². The number of carbonyl (C=O) groups excluding carboxylic acids is 2. The van der Waals surface area contributed by atoms with Crippen LogP contribution in [0.3, 0.4) is 0 Å². The number of amides is 1. The number of nitrogens with zero attached hydrogens (tertiary/aromatic N) is 1. The summed E-state index contributed by atoms with van der Waals surface area (Å²) in [5.41, 5.74) is 2.76. The lowest BCUT2D eigenvalue weighted by molar-refractivity contribution is -0.118. The predicted octanol–water partition coefficient (Wildman–Crippen LogP) is 4.97. The maximum Gasteiger partial charge on any atom is 0.350 e. The molecule has 1 heterocycles. The van der Waals surface area contributed by atoms with Crippen LogP contribution in [0.2, 0.25) is 0 Å². The molecule has 0 saturated heterocycles. The van der Waals surface area contributed by atoms with Crippen molar-refractivity contribution in [3.05, 3.63) is 76.3 Å². The van der Waals surface area contributed by atoms with Gasteiger partial charge in [-0.15, -0.1) is 0 Å². The smallest absolute Gasteiger partial charge is 0.350 e. The Kier molecular flexibility index (Phi) is 7.07. The first-order valence-electron chi connectivity index (χ1n) is 10.0. The van der Waals surface area contributed by atoms with E-state index in [1.807, 2.05) is 42.5 Å². The molecule has 0 spiro atoms. The topological polar surface area (TPSA) is 77.5 Å². The summed E-state index contributed by atoms with van der Waals surface area (Å²) in [6, 6.07) is 18.0. The van der Waals surface area contributed by atoms with E-state index < -0.39 is 5.97 Å². The molecule has 0 aliphatic heterocycles. The van der Waals surface area contributed by atoms with Crippen molar-refractivity contribution in [2.24, 2.45) is 0 Å². The number of benzene rings is 2. The van der Waals surface area contributed by atoms with Gasteiger partial charge in [-0.3, -0.25) is 10.1 Å². The van der Waals surface area contributed by atoms with E-state index in [9.17, 15) is 9.59 Å². The fourth-order valence-electron chi connectivity index (χ4n) is 3.13. The minimum absolute atomic E-state index is 0.142. The van der Waals surface area contributed by atoms with Gasteiger partial charge in [-0.2, -0.15) is 0 Å². The molecule has 0 atom stereocenters. The number of aromatic nitrogens is 1. The quantitative estimate of drug-likeness (QED) is 0.502. The molecule has 0 aliphatic rings. The molecular weight excluding hydrogens is 412 g/mol. The van der Waals surface area contributed by atoms with E-state index in [-0.39, 0.29) is 24.5 Å². The third kappa shape index (κ3) is 5.49. The zero-order valence-electron chi connectivity index (χ0n) is 18.1. The summed E-state index contributed by atoms with van der Waals surface area (Å²) in [6.45, 7) is 7.91. The number of rotatable bonds is 8. The summed E-state index contributed by atoms with van der Waals surface area (Å²) < 4.78 is 10.6. The first kappa shape index (κ1) is 22.5. The molecule has 1 N–H and O–H groups in total. The van der Waals surface area contributed by atoms with E-state index in [2.05, 4.69) is 36.3 Å². The third-order valence-electron chi connectivity index (χ3n) is 4.95. The van der Waals surface area contributed by atoms with Crippen LogP contribution in [-0.4, -0.2) is 30.1 Å². The fourth-order valence-corrected chi connectivity index (χ4v) is 4.01. The molecule has 0 unspecified atom stereocenters. The number of ether oxygens (including phenoxy) is 2. The summed E-state index contributed by atoms with van der Waals surface area (Å²) in [5, 5.41) is 3.00. The Morgan fingerprint density at radius 1 is 1.03 bits per heavy atom. The summed E-state index contributed by atoms with van der Waals surface area (Å²) in [4.78, 5) is 28.7. The SMILES string of the molecule is CCOC(=O)c1sc(NC(=O)COc2ccc(C(C)(C)c3ccccc3)cc2)nc1C. The van der Waals surface area contributed by atoms with Gasteiger partial charge in [0.1, 0.15) is 10.6 Å². The van der Waals surface area contributed by atoms with Gasteiger partial charge in [-0.1, -0.05) is 67.6 Å². The molecule has 1 amide bonds.